The standard InChI is InChI=1S/C21H17NO5/c23-20(15-8-3-1-4-9-15)19(21(24)16-10-5-2-6-11-16)17(14-22(25)26)18-12-7-13-27-18/h1-13,17,19H,14H2/t17-/m1/s1. The van der Waals surface area contributed by atoms with E-state index in [4.69, 9.17) is 4.42 Å². The van der Waals surface area contributed by atoms with Gasteiger partial charge in [-0.25, -0.2) is 0 Å². The van der Waals surface area contributed by atoms with E-state index in [0.717, 1.165) is 0 Å². The zero-order chi connectivity index (χ0) is 19.2. The fourth-order valence-electron chi connectivity index (χ4n) is 3.07. The number of hydrogen-bond donors (Lipinski definition) is 0. The van der Waals surface area contributed by atoms with Gasteiger partial charge in [0.15, 0.2) is 11.6 Å². The van der Waals surface area contributed by atoms with E-state index in [1.807, 2.05) is 0 Å². The van der Waals surface area contributed by atoms with E-state index in [2.05, 4.69) is 0 Å². The van der Waals surface area contributed by atoms with Gasteiger partial charge in [0, 0.05) is 16.1 Å². The Morgan fingerprint density at radius 1 is 0.852 bits per heavy atom. The molecule has 0 spiro atoms. The van der Waals surface area contributed by atoms with Crippen LogP contribution in [0.15, 0.2) is 83.5 Å². The van der Waals surface area contributed by atoms with Crippen LogP contribution in [0.2, 0.25) is 0 Å². The van der Waals surface area contributed by atoms with Crippen molar-refractivity contribution < 1.29 is 18.9 Å². The summed E-state index contributed by atoms with van der Waals surface area (Å²) < 4.78 is 5.34. The molecule has 6 heteroatoms. The highest BCUT2D eigenvalue weighted by molar-refractivity contribution is 6.16. The first-order chi connectivity index (χ1) is 13.1. The molecule has 0 aliphatic rings. The van der Waals surface area contributed by atoms with Gasteiger partial charge >= 0.3 is 0 Å². The van der Waals surface area contributed by atoms with Crippen LogP contribution in [0.25, 0.3) is 0 Å². The van der Waals surface area contributed by atoms with Crippen LogP contribution < -0.4 is 0 Å². The summed E-state index contributed by atoms with van der Waals surface area (Å²) in [6.45, 7) is -0.588. The van der Waals surface area contributed by atoms with E-state index in [1.165, 1.54) is 6.26 Å². The minimum atomic E-state index is -1.26. The molecule has 0 saturated carbocycles. The molecule has 2 aromatic carbocycles. The summed E-state index contributed by atoms with van der Waals surface area (Å²) in [7, 11) is 0. The maximum Gasteiger partial charge on any atom is 0.214 e. The topological polar surface area (TPSA) is 90.4 Å². The Kier molecular flexibility index (Phi) is 5.56. The van der Waals surface area contributed by atoms with Crippen molar-refractivity contribution in [2.45, 2.75) is 5.92 Å². The molecule has 0 fully saturated rings. The Balaban J connectivity index is 2.09. The summed E-state index contributed by atoms with van der Waals surface area (Å²) in [5.74, 6) is -2.95. The minimum absolute atomic E-state index is 0.241. The molecule has 3 aromatic rings. The molecule has 1 atom stereocenters. The lowest BCUT2D eigenvalue weighted by atomic mass is 9.79. The van der Waals surface area contributed by atoms with E-state index >= 15 is 0 Å². The van der Waals surface area contributed by atoms with Gasteiger partial charge in [0.25, 0.3) is 0 Å². The van der Waals surface area contributed by atoms with Gasteiger partial charge in [-0.3, -0.25) is 19.7 Å². The van der Waals surface area contributed by atoms with Gasteiger partial charge in [0.05, 0.1) is 12.2 Å². The van der Waals surface area contributed by atoms with Gasteiger partial charge in [-0.05, 0) is 12.1 Å². The summed E-state index contributed by atoms with van der Waals surface area (Å²) in [4.78, 5) is 37.1. The first kappa shape index (κ1) is 18.3. The maximum absolute atomic E-state index is 13.2. The van der Waals surface area contributed by atoms with E-state index in [1.54, 1.807) is 72.8 Å². The average molecular weight is 363 g/mol. The van der Waals surface area contributed by atoms with Crippen LogP contribution in [-0.4, -0.2) is 23.0 Å². The number of furan rings is 1. The molecule has 1 heterocycles. The largest absolute Gasteiger partial charge is 0.469 e. The van der Waals surface area contributed by atoms with Crippen molar-refractivity contribution in [3.63, 3.8) is 0 Å². The number of hydrogen-bond acceptors (Lipinski definition) is 5. The molecule has 0 bridgehead atoms. The molecular formula is C21H17NO5. The summed E-state index contributed by atoms with van der Waals surface area (Å²) in [5, 5.41) is 11.3. The first-order valence-corrected chi connectivity index (χ1v) is 8.41. The quantitative estimate of drug-likeness (QED) is 0.261. The van der Waals surface area contributed by atoms with Crippen LogP contribution in [0.3, 0.4) is 0 Å². The van der Waals surface area contributed by atoms with Crippen molar-refractivity contribution in [1.82, 2.24) is 0 Å². The van der Waals surface area contributed by atoms with Gasteiger partial charge in [-0.1, -0.05) is 60.7 Å². The van der Waals surface area contributed by atoms with Crippen LogP contribution in [-0.2, 0) is 0 Å². The van der Waals surface area contributed by atoms with Gasteiger partial charge in [-0.2, -0.15) is 0 Å². The zero-order valence-electron chi connectivity index (χ0n) is 14.4. The zero-order valence-corrected chi connectivity index (χ0v) is 14.4. The molecule has 0 aliphatic heterocycles. The molecule has 27 heavy (non-hydrogen) atoms. The first-order valence-electron chi connectivity index (χ1n) is 8.41. The van der Waals surface area contributed by atoms with Crippen LogP contribution in [0.1, 0.15) is 32.4 Å². The molecular weight excluding hydrogens is 346 g/mol. The molecule has 136 valence electrons. The Morgan fingerprint density at radius 3 is 1.78 bits per heavy atom. The number of carbonyl (C=O) groups excluding carboxylic acids is 2. The Bertz CT molecular complexity index is 868. The predicted octanol–water partition coefficient (Wildman–Crippen LogP) is 4.02. The third kappa shape index (κ3) is 4.17. The van der Waals surface area contributed by atoms with Crippen molar-refractivity contribution in [3.05, 3.63) is 106 Å². The van der Waals surface area contributed by atoms with Crippen molar-refractivity contribution in [3.8, 4) is 0 Å². The van der Waals surface area contributed by atoms with Crippen molar-refractivity contribution in [2.24, 2.45) is 5.92 Å². The molecule has 0 saturated heterocycles. The molecule has 0 amide bonds. The highest BCUT2D eigenvalue weighted by Crippen LogP contribution is 2.31. The molecule has 0 N–H and O–H groups in total. The summed E-state index contributed by atoms with van der Waals surface area (Å²) in [6, 6.07) is 19.8. The number of ketones is 2. The van der Waals surface area contributed by atoms with Crippen LogP contribution >= 0.6 is 0 Å². The highest BCUT2D eigenvalue weighted by atomic mass is 16.6. The number of benzene rings is 2. The second kappa shape index (κ2) is 8.23. The SMILES string of the molecule is O=C(c1ccccc1)C(C(=O)c1ccccc1)[C@H](C[N+](=O)[O-])c1ccco1. The number of rotatable bonds is 8. The molecule has 3 rings (SSSR count). The van der Waals surface area contributed by atoms with E-state index in [-0.39, 0.29) is 5.76 Å². The third-order valence-corrected chi connectivity index (χ3v) is 4.34. The van der Waals surface area contributed by atoms with Crippen molar-refractivity contribution in [1.29, 1.82) is 0 Å². The lowest BCUT2D eigenvalue weighted by Gasteiger charge is -2.21. The molecule has 0 radical (unpaired) electrons. The number of carbonyl (C=O) groups is 2. The fourth-order valence-corrected chi connectivity index (χ4v) is 3.07. The smallest absolute Gasteiger partial charge is 0.214 e. The predicted molar refractivity (Wildman–Crippen MR) is 98.3 cm³/mol. The van der Waals surface area contributed by atoms with Crippen LogP contribution in [0, 0.1) is 16.0 Å². The summed E-state index contributed by atoms with van der Waals surface area (Å²) >= 11 is 0. The second-order valence-corrected chi connectivity index (χ2v) is 6.08. The fraction of sp³-hybridized carbons (Fsp3) is 0.143. The normalized spacial score (nSPS) is 11.9. The highest BCUT2D eigenvalue weighted by Gasteiger charge is 2.41. The maximum atomic E-state index is 13.2. The Hall–Kier alpha value is -3.54. The van der Waals surface area contributed by atoms with E-state index in [9.17, 15) is 19.7 Å². The van der Waals surface area contributed by atoms with Gasteiger partial charge in [0.2, 0.25) is 6.54 Å². The molecule has 0 unspecified atom stereocenters. The monoisotopic (exact) mass is 363 g/mol. The van der Waals surface area contributed by atoms with E-state index < -0.39 is 34.9 Å². The Labute approximate surface area is 155 Å². The third-order valence-electron chi connectivity index (χ3n) is 4.34. The number of nitro groups is 1. The summed E-state index contributed by atoms with van der Waals surface area (Å²) in [5.41, 5.74) is 0.651. The minimum Gasteiger partial charge on any atom is -0.469 e. The molecule has 1 aromatic heterocycles. The van der Waals surface area contributed by atoms with Gasteiger partial charge in [-0.15, -0.1) is 0 Å². The number of Topliss-reactive ketones (excluding diaryl/α,β-unsaturated/α-hetero) is 2. The average Bonchev–Trinajstić information content (AvgIpc) is 3.23. The second-order valence-electron chi connectivity index (χ2n) is 6.08. The van der Waals surface area contributed by atoms with Crippen molar-refractivity contribution in [2.75, 3.05) is 6.54 Å². The van der Waals surface area contributed by atoms with Crippen LogP contribution in [0.4, 0.5) is 0 Å². The lowest BCUT2D eigenvalue weighted by molar-refractivity contribution is -0.484. The lowest BCUT2D eigenvalue weighted by Crippen LogP contribution is -2.34. The van der Waals surface area contributed by atoms with Gasteiger partial charge < -0.3 is 4.42 Å². The summed E-state index contributed by atoms with van der Waals surface area (Å²) in [6.07, 6.45) is 1.37. The van der Waals surface area contributed by atoms with Crippen LogP contribution in [0.5, 0.6) is 0 Å². The molecule has 6 nitrogen and oxygen atoms in total. The van der Waals surface area contributed by atoms with Crippen molar-refractivity contribution >= 4 is 11.6 Å². The number of nitrogens with zero attached hydrogens (tertiary/aromatic N) is 1. The Morgan fingerprint density at radius 2 is 1.37 bits per heavy atom. The van der Waals surface area contributed by atoms with E-state index in [0.29, 0.717) is 11.1 Å². The molecule has 0 aliphatic carbocycles. The van der Waals surface area contributed by atoms with Gasteiger partial charge in [0.1, 0.15) is 11.7 Å².